The Kier molecular flexibility index (Phi) is 2.54. The summed E-state index contributed by atoms with van der Waals surface area (Å²) in [5.74, 6) is 0. The van der Waals surface area contributed by atoms with Crippen molar-refractivity contribution in [3.8, 4) is 0 Å². The van der Waals surface area contributed by atoms with Gasteiger partial charge in [0.2, 0.25) is 0 Å². The quantitative estimate of drug-likeness (QED) is 0.451. The zero-order valence-corrected chi connectivity index (χ0v) is 3.19. The van der Waals surface area contributed by atoms with Crippen LogP contribution in [0, 0.1) is 0 Å². The summed E-state index contributed by atoms with van der Waals surface area (Å²) in [7, 11) is 0. The SMILES string of the molecule is C=NCC(F)F. The Morgan fingerprint density at radius 3 is 2.17 bits per heavy atom. The van der Waals surface area contributed by atoms with E-state index in [1.807, 2.05) is 0 Å². The number of halogens is 2. The Morgan fingerprint density at radius 2 is 2.17 bits per heavy atom. The van der Waals surface area contributed by atoms with Crippen LogP contribution in [0.5, 0.6) is 0 Å². The van der Waals surface area contributed by atoms with Gasteiger partial charge in [-0.3, -0.25) is 4.99 Å². The zero-order valence-electron chi connectivity index (χ0n) is 3.19. The van der Waals surface area contributed by atoms with Crippen LogP contribution in [0.4, 0.5) is 8.78 Å². The highest BCUT2D eigenvalue weighted by molar-refractivity contribution is 5.23. The second kappa shape index (κ2) is 2.75. The molecule has 0 N–H and O–H groups in total. The maximum atomic E-state index is 10.9. The van der Waals surface area contributed by atoms with Gasteiger partial charge in [-0.05, 0) is 6.72 Å². The van der Waals surface area contributed by atoms with Gasteiger partial charge in [-0.1, -0.05) is 0 Å². The van der Waals surface area contributed by atoms with Crippen molar-refractivity contribution in [2.45, 2.75) is 6.43 Å². The van der Waals surface area contributed by atoms with E-state index in [1.54, 1.807) is 0 Å². The van der Waals surface area contributed by atoms with Crippen LogP contribution < -0.4 is 0 Å². The van der Waals surface area contributed by atoms with Crippen molar-refractivity contribution in [3.63, 3.8) is 0 Å². The molecule has 6 heavy (non-hydrogen) atoms. The summed E-state index contributed by atoms with van der Waals surface area (Å²) in [6.45, 7) is 2.43. The summed E-state index contributed by atoms with van der Waals surface area (Å²) < 4.78 is 21.8. The van der Waals surface area contributed by atoms with Crippen LogP contribution in [-0.2, 0) is 0 Å². The van der Waals surface area contributed by atoms with Gasteiger partial charge in [-0.15, -0.1) is 0 Å². The second-order valence-electron chi connectivity index (χ2n) is 0.797. The molecule has 0 bridgehead atoms. The molecule has 0 aliphatic rings. The Labute approximate surface area is 34.7 Å². The van der Waals surface area contributed by atoms with E-state index in [1.165, 1.54) is 0 Å². The molecule has 0 aromatic rings. The van der Waals surface area contributed by atoms with Crippen LogP contribution in [-0.4, -0.2) is 19.7 Å². The first-order valence-corrected chi connectivity index (χ1v) is 1.48. The number of aliphatic imine (C=N–C) groups is 1. The van der Waals surface area contributed by atoms with Crippen molar-refractivity contribution in [1.82, 2.24) is 0 Å². The normalized spacial score (nSPS) is 9.17. The van der Waals surface area contributed by atoms with Crippen LogP contribution in [0.25, 0.3) is 0 Å². The lowest BCUT2D eigenvalue weighted by Gasteiger charge is -1.84. The fourth-order valence-electron chi connectivity index (χ4n) is 0.0976. The standard InChI is InChI=1S/C3H5F2N/c1-6-2-3(4)5/h3H,1-2H2. The molecule has 0 aromatic carbocycles. The predicted molar refractivity (Wildman–Crippen MR) is 20.4 cm³/mol. The average molecular weight is 93.1 g/mol. The largest absolute Gasteiger partial charge is 0.295 e. The van der Waals surface area contributed by atoms with E-state index in [-0.39, 0.29) is 0 Å². The monoisotopic (exact) mass is 93.0 g/mol. The third-order valence-corrected chi connectivity index (χ3v) is 0.267. The molecule has 0 saturated heterocycles. The highest BCUT2D eigenvalue weighted by Crippen LogP contribution is 1.88. The molecule has 0 heterocycles. The van der Waals surface area contributed by atoms with Gasteiger partial charge in [0.25, 0.3) is 6.43 Å². The summed E-state index contributed by atoms with van der Waals surface area (Å²) in [4.78, 5) is 2.94. The number of hydrogen-bond acceptors (Lipinski definition) is 1. The van der Waals surface area contributed by atoms with Crippen LogP contribution in [0.2, 0.25) is 0 Å². The van der Waals surface area contributed by atoms with E-state index in [9.17, 15) is 8.78 Å². The van der Waals surface area contributed by atoms with Crippen molar-refractivity contribution in [1.29, 1.82) is 0 Å². The molecule has 0 spiro atoms. The molecule has 0 atom stereocenters. The summed E-state index contributed by atoms with van der Waals surface area (Å²) in [5.41, 5.74) is 0. The maximum Gasteiger partial charge on any atom is 0.257 e. The van der Waals surface area contributed by atoms with E-state index in [0.717, 1.165) is 0 Å². The first-order chi connectivity index (χ1) is 2.77. The van der Waals surface area contributed by atoms with Gasteiger partial charge in [0.15, 0.2) is 0 Å². The highest BCUT2D eigenvalue weighted by atomic mass is 19.3. The van der Waals surface area contributed by atoms with Crippen molar-refractivity contribution in [3.05, 3.63) is 0 Å². The van der Waals surface area contributed by atoms with Crippen molar-refractivity contribution in [2.75, 3.05) is 6.54 Å². The molecule has 36 valence electrons. The maximum absolute atomic E-state index is 10.9. The zero-order chi connectivity index (χ0) is 4.99. The first-order valence-electron chi connectivity index (χ1n) is 1.48. The Morgan fingerprint density at radius 1 is 1.67 bits per heavy atom. The molecule has 0 saturated carbocycles. The number of hydrogen-bond donors (Lipinski definition) is 0. The second-order valence-corrected chi connectivity index (χ2v) is 0.797. The third-order valence-electron chi connectivity index (χ3n) is 0.267. The van der Waals surface area contributed by atoms with Crippen LogP contribution in [0.3, 0.4) is 0 Å². The first kappa shape index (κ1) is 5.53. The number of alkyl halides is 2. The smallest absolute Gasteiger partial charge is 0.257 e. The molecule has 0 amide bonds. The average Bonchev–Trinajstić information content (AvgIpc) is 1.35. The molecule has 0 aromatic heterocycles. The van der Waals surface area contributed by atoms with E-state index >= 15 is 0 Å². The van der Waals surface area contributed by atoms with Crippen LogP contribution in [0.1, 0.15) is 0 Å². The summed E-state index contributed by atoms with van der Waals surface area (Å²) in [6.07, 6.45) is -2.33. The van der Waals surface area contributed by atoms with Gasteiger partial charge in [0, 0.05) is 0 Å². The molecule has 1 nitrogen and oxygen atoms in total. The molecule has 0 radical (unpaired) electrons. The van der Waals surface area contributed by atoms with Crippen molar-refractivity contribution < 1.29 is 8.78 Å². The number of rotatable bonds is 2. The third kappa shape index (κ3) is 3.53. The fraction of sp³-hybridized carbons (Fsp3) is 0.667. The van der Waals surface area contributed by atoms with Crippen molar-refractivity contribution >= 4 is 6.72 Å². The van der Waals surface area contributed by atoms with Gasteiger partial charge in [-0.2, -0.15) is 0 Å². The minimum absolute atomic E-state index is 0.444. The molecule has 0 aliphatic heterocycles. The van der Waals surface area contributed by atoms with Gasteiger partial charge in [0.05, 0.1) is 6.54 Å². The lowest BCUT2D eigenvalue weighted by molar-refractivity contribution is 0.159. The number of nitrogens with zero attached hydrogens (tertiary/aromatic N) is 1. The van der Waals surface area contributed by atoms with Crippen LogP contribution >= 0.6 is 0 Å². The molecular weight excluding hydrogens is 88.0 g/mol. The molecule has 0 rings (SSSR count). The van der Waals surface area contributed by atoms with Crippen LogP contribution in [0.15, 0.2) is 4.99 Å². The summed E-state index contributed by atoms with van der Waals surface area (Å²) in [6, 6.07) is 0. The van der Waals surface area contributed by atoms with Gasteiger partial charge >= 0.3 is 0 Å². The molecule has 0 aliphatic carbocycles. The summed E-state index contributed by atoms with van der Waals surface area (Å²) >= 11 is 0. The molecular formula is C3H5F2N. The van der Waals surface area contributed by atoms with Gasteiger partial charge < -0.3 is 0 Å². The van der Waals surface area contributed by atoms with Crippen molar-refractivity contribution in [2.24, 2.45) is 4.99 Å². The Bertz CT molecular complexity index is 44.1. The predicted octanol–water partition coefficient (Wildman–Crippen LogP) is 0.952. The summed E-state index contributed by atoms with van der Waals surface area (Å²) in [5, 5.41) is 0. The lowest BCUT2D eigenvalue weighted by atomic mass is 10.7. The minimum atomic E-state index is -2.33. The topological polar surface area (TPSA) is 12.4 Å². The minimum Gasteiger partial charge on any atom is -0.295 e. The molecule has 3 heteroatoms. The molecule has 0 unspecified atom stereocenters. The van der Waals surface area contributed by atoms with Gasteiger partial charge in [-0.25, -0.2) is 8.78 Å². The molecule has 0 fully saturated rings. The van der Waals surface area contributed by atoms with E-state index < -0.39 is 13.0 Å². The Hall–Kier alpha value is -0.470. The van der Waals surface area contributed by atoms with E-state index in [0.29, 0.717) is 0 Å². The highest BCUT2D eigenvalue weighted by Gasteiger charge is 1.94. The van der Waals surface area contributed by atoms with Gasteiger partial charge in [0.1, 0.15) is 0 Å². The van der Waals surface area contributed by atoms with E-state index in [2.05, 4.69) is 11.7 Å². The fourth-order valence-corrected chi connectivity index (χ4v) is 0.0976. The Balaban J connectivity index is 2.81. The lowest BCUT2D eigenvalue weighted by Crippen LogP contribution is -1.92. The van der Waals surface area contributed by atoms with E-state index in [4.69, 9.17) is 0 Å².